The Bertz CT molecular complexity index is 961. The standard InChI is InChI=1S/C34H51NO5/c1-6-7-8-9-10-11-18-23-37-32-30(39-26-28-21-16-13-17-22-28)24-29(38-25-27-19-14-12-15-20-27)31(32)35(5)33(36)40-34(2,3)4/h12-17,19-22,29-32H,6-11,18,23-26H2,1-5H3/t29-,30+,31+,32+/m0/s1. The highest BCUT2D eigenvalue weighted by atomic mass is 16.6. The minimum absolute atomic E-state index is 0.208. The zero-order chi connectivity index (χ0) is 28.8. The van der Waals surface area contributed by atoms with Gasteiger partial charge in [-0.15, -0.1) is 0 Å². The molecule has 0 saturated heterocycles. The Labute approximate surface area is 242 Å². The van der Waals surface area contributed by atoms with E-state index in [9.17, 15) is 4.79 Å². The smallest absolute Gasteiger partial charge is 0.410 e. The number of ether oxygens (including phenoxy) is 4. The molecule has 1 amide bonds. The minimum Gasteiger partial charge on any atom is -0.444 e. The highest BCUT2D eigenvalue weighted by Gasteiger charge is 2.49. The van der Waals surface area contributed by atoms with Crippen molar-refractivity contribution >= 4 is 6.09 Å². The number of benzene rings is 2. The van der Waals surface area contributed by atoms with Gasteiger partial charge in [-0.25, -0.2) is 4.79 Å². The fourth-order valence-electron chi connectivity index (χ4n) is 5.23. The highest BCUT2D eigenvalue weighted by molar-refractivity contribution is 5.68. The van der Waals surface area contributed by atoms with Gasteiger partial charge >= 0.3 is 6.09 Å². The molecule has 3 rings (SSSR count). The van der Waals surface area contributed by atoms with Crippen molar-refractivity contribution in [3.05, 3.63) is 71.8 Å². The van der Waals surface area contributed by atoms with E-state index in [1.165, 1.54) is 32.1 Å². The number of hydrogen-bond donors (Lipinski definition) is 0. The largest absolute Gasteiger partial charge is 0.444 e. The molecule has 0 spiro atoms. The summed E-state index contributed by atoms with van der Waals surface area (Å²) in [5.41, 5.74) is 1.61. The number of unbranched alkanes of at least 4 members (excludes halogenated alkanes) is 6. The molecule has 4 atom stereocenters. The first-order valence-corrected chi connectivity index (χ1v) is 15.2. The summed E-state index contributed by atoms with van der Waals surface area (Å²) in [5.74, 6) is 0. The second kappa shape index (κ2) is 16.8. The first-order chi connectivity index (χ1) is 19.3. The van der Waals surface area contributed by atoms with Crippen LogP contribution in [0.4, 0.5) is 4.79 Å². The maximum atomic E-state index is 13.3. The lowest BCUT2D eigenvalue weighted by Gasteiger charge is -2.35. The Morgan fingerprint density at radius 3 is 1.85 bits per heavy atom. The summed E-state index contributed by atoms with van der Waals surface area (Å²) in [6, 6.07) is 20.0. The molecule has 0 bridgehead atoms. The summed E-state index contributed by atoms with van der Waals surface area (Å²) in [6.45, 7) is 9.48. The van der Waals surface area contributed by atoms with E-state index in [1.807, 2.05) is 57.2 Å². The Balaban J connectivity index is 1.74. The second-order valence-electron chi connectivity index (χ2n) is 11.9. The van der Waals surface area contributed by atoms with Gasteiger partial charge in [-0.1, -0.05) is 106 Å². The molecule has 0 aromatic heterocycles. The maximum Gasteiger partial charge on any atom is 0.410 e. The molecular formula is C34H51NO5. The summed E-state index contributed by atoms with van der Waals surface area (Å²) in [7, 11) is 1.79. The number of carbonyl (C=O) groups excluding carboxylic acids is 1. The van der Waals surface area contributed by atoms with Crippen molar-refractivity contribution in [1.82, 2.24) is 4.90 Å². The molecule has 0 heterocycles. The van der Waals surface area contributed by atoms with Crippen LogP contribution in [-0.4, -0.2) is 54.6 Å². The van der Waals surface area contributed by atoms with Gasteiger partial charge in [0.2, 0.25) is 0 Å². The van der Waals surface area contributed by atoms with Crippen molar-refractivity contribution in [2.45, 2.75) is 122 Å². The van der Waals surface area contributed by atoms with Gasteiger partial charge in [-0.2, -0.15) is 0 Å². The van der Waals surface area contributed by atoms with E-state index in [4.69, 9.17) is 18.9 Å². The van der Waals surface area contributed by atoms with E-state index in [0.29, 0.717) is 26.2 Å². The quantitative estimate of drug-likeness (QED) is 0.198. The van der Waals surface area contributed by atoms with Gasteiger partial charge in [0.15, 0.2) is 0 Å². The van der Waals surface area contributed by atoms with Crippen molar-refractivity contribution in [3.63, 3.8) is 0 Å². The number of amides is 1. The second-order valence-corrected chi connectivity index (χ2v) is 11.9. The van der Waals surface area contributed by atoms with Crippen LogP contribution in [-0.2, 0) is 32.2 Å². The van der Waals surface area contributed by atoms with Crippen molar-refractivity contribution in [2.24, 2.45) is 0 Å². The van der Waals surface area contributed by atoms with Crippen LogP contribution in [0.2, 0.25) is 0 Å². The summed E-state index contributed by atoms with van der Waals surface area (Å²) in [4.78, 5) is 14.9. The maximum absolute atomic E-state index is 13.3. The van der Waals surface area contributed by atoms with Crippen LogP contribution in [0.15, 0.2) is 60.7 Å². The molecule has 40 heavy (non-hydrogen) atoms. The molecule has 2 aromatic rings. The SMILES string of the molecule is CCCCCCCCCO[C@H]1[C@H](N(C)C(=O)OC(C)(C)C)[C@@H](OCc2ccccc2)C[C@H]1OCc1ccccc1. The number of hydrogen-bond acceptors (Lipinski definition) is 5. The molecular weight excluding hydrogens is 502 g/mol. The molecule has 0 aliphatic heterocycles. The van der Waals surface area contributed by atoms with Gasteiger partial charge in [0, 0.05) is 20.1 Å². The van der Waals surface area contributed by atoms with Crippen molar-refractivity contribution in [3.8, 4) is 0 Å². The fraction of sp³-hybridized carbons (Fsp3) is 0.618. The van der Waals surface area contributed by atoms with Crippen molar-refractivity contribution < 1.29 is 23.7 Å². The Hall–Kier alpha value is -2.41. The third-order valence-electron chi connectivity index (χ3n) is 7.35. The van der Waals surface area contributed by atoms with Crippen LogP contribution in [0.25, 0.3) is 0 Å². The first kappa shape index (κ1) is 32.1. The molecule has 1 fully saturated rings. The van der Waals surface area contributed by atoms with Crippen LogP contribution in [0.1, 0.15) is 90.2 Å². The van der Waals surface area contributed by atoms with Gasteiger partial charge in [0.25, 0.3) is 0 Å². The summed E-state index contributed by atoms with van der Waals surface area (Å²) < 4.78 is 25.3. The van der Waals surface area contributed by atoms with Crippen LogP contribution in [0, 0.1) is 0 Å². The molecule has 0 N–H and O–H groups in total. The zero-order valence-electron chi connectivity index (χ0n) is 25.3. The number of likely N-dealkylation sites (N-methyl/N-ethyl adjacent to an activating group) is 1. The lowest BCUT2D eigenvalue weighted by molar-refractivity contribution is -0.0903. The zero-order valence-corrected chi connectivity index (χ0v) is 25.3. The van der Waals surface area contributed by atoms with Crippen molar-refractivity contribution in [2.75, 3.05) is 13.7 Å². The van der Waals surface area contributed by atoms with Gasteiger partial charge in [-0.05, 0) is 38.3 Å². The third-order valence-corrected chi connectivity index (χ3v) is 7.35. The molecule has 1 aliphatic rings. The van der Waals surface area contributed by atoms with Gasteiger partial charge in [0.05, 0.1) is 31.5 Å². The molecule has 2 aromatic carbocycles. The van der Waals surface area contributed by atoms with Crippen molar-refractivity contribution in [1.29, 1.82) is 0 Å². The predicted molar refractivity (Wildman–Crippen MR) is 160 cm³/mol. The average Bonchev–Trinajstić information content (AvgIpc) is 3.29. The highest BCUT2D eigenvalue weighted by Crippen LogP contribution is 2.34. The molecule has 1 saturated carbocycles. The lowest BCUT2D eigenvalue weighted by Crippen LogP contribution is -2.51. The minimum atomic E-state index is -0.596. The average molecular weight is 554 g/mol. The van der Waals surface area contributed by atoms with Crippen LogP contribution < -0.4 is 0 Å². The summed E-state index contributed by atoms with van der Waals surface area (Å²) in [5, 5.41) is 0. The van der Waals surface area contributed by atoms with Gasteiger partial charge in [0.1, 0.15) is 11.7 Å². The van der Waals surface area contributed by atoms with E-state index in [2.05, 4.69) is 31.2 Å². The fourth-order valence-corrected chi connectivity index (χ4v) is 5.23. The van der Waals surface area contributed by atoms with E-state index >= 15 is 0 Å². The lowest BCUT2D eigenvalue weighted by atomic mass is 10.1. The normalized spacial score (nSPS) is 20.9. The van der Waals surface area contributed by atoms with E-state index in [1.54, 1.807) is 11.9 Å². The Morgan fingerprint density at radius 1 is 0.775 bits per heavy atom. The molecule has 6 nitrogen and oxygen atoms in total. The number of carbonyl (C=O) groups is 1. The van der Waals surface area contributed by atoms with Crippen LogP contribution in [0.3, 0.4) is 0 Å². The van der Waals surface area contributed by atoms with Gasteiger partial charge < -0.3 is 23.8 Å². The van der Waals surface area contributed by atoms with E-state index in [0.717, 1.165) is 24.0 Å². The molecule has 6 heteroatoms. The van der Waals surface area contributed by atoms with E-state index in [-0.39, 0.29) is 30.4 Å². The van der Waals surface area contributed by atoms with Crippen LogP contribution in [0.5, 0.6) is 0 Å². The summed E-state index contributed by atoms with van der Waals surface area (Å²) in [6.07, 6.45) is 8.00. The predicted octanol–water partition coefficient (Wildman–Crippen LogP) is 7.93. The topological polar surface area (TPSA) is 57.2 Å². The Kier molecular flexibility index (Phi) is 13.5. The van der Waals surface area contributed by atoms with Gasteiger partial charge in [-0.3, -0.25) is 0 Å². The molecule has 0 unspecified atom stereocenters. The Morgan fingerprint density at radius 2 is 1.30 bits per heavy atom. The molecule has 222 valence electrons. The number of nitrogens with zero attached hydrogens (tertiary/aromatic N) is 1. The first-order valence-electron chi connectivity index (χ1n) is 15.2. The van der Waals surface area contributed by atoms with E-state index < -0.39 is 5.60 Å². The number of rotatable bonds is 16. The van der Waals surface area contributed by atoms with Crippen LogP contribution >= 0.6 is 0 Å². The molecule has 1 aliphatic carbocycles. The third kappa shape index (κ3) is 10.9. The monoisotopic (exact) mass is 553 g/mol. The molecule has 0 radical (unpaired) electrons. The summed E-state index contributed by atoms with van der Waals surface area (Å²) >= 11 is 0.